The quantitative estimate of drug-likeness (QED) is 0.673. The molecule has 4 nitrogen and oxygen atoms in total. The van der Waals surface area contributed by atoms with Gasteiger partial charge in [-0.15, -0.1) is 0 Å². The molecule has 1 heterocycles. The molecule has 1 aromatic rings. The molecule has 1 aliphatic rings. The van der Waals surface area contributed by atoms with E-state index >= 15 is 0 Å². The van der Waals surface area contributed by atoms with Crippen LogP contribution < -0.4 is 5.73 Å². The minimum Gasteiger partial charge on any atom is -0.389 e. The number of amides is 2. The van der Waals surface area contributed by atoms with Gasteiger partial charge in [0.2, 0.25) is 11.8 Å². The average Bonchev–Trinajstić information content (AvgIpc) is 2.52. The van der Waals surface area contributed by atoms with Gasteiger partial charge in [-0.25, -0.2) is 0 Å². The number of carbonyl (C=O) groups excluding carboxylic acids is 2. The number of benzene rings is 1. The molecule has 1 aliphatic heterocycles. The molecule has 100 valence electrons. The zero-order valence-electron chi connectivity index (χ0n) is 11.0. The molecule has 0 aromatic heterocycles. The Balaban J connectivity index is 2.16. The number of likely N-dealkylation sites (tertiary alicyclic amines) is 1. The predicted molar refractivity (Wildman–Crippen MR) is 76.3 cm³/mol. The zero-order chi connectivity index (χ0) is 14.2. The van der Waals surface area contributed by atoms with Crippen molar-refractivity contribution in [1.82, 2.24) is 4.90 Å². The van der Waals surface area contributed by atoms with E-state index in [2.05, 4.69) is 0 Å². The van der Waals surface area contributed by atoms with Crippen LogP contribution in [0.15, 0.2) is 24.3 Å². The van der Waals surface area contributed by atoms with E-state index in [0.717, 1.165) is 11.1 Å². The minimum atomic E-state index is -0.587. The van der Waals surface area contributed by atoms with Crippen LogP contribution in [-0.4, -0.2) is 21.7 Å². The lowest BCUT2D eigenvalue weighted by Crippen LogP contribution is -2.32. The van der Waals surface area contributed by atoms with Gasteiger partial charge in [0.25, 0.3) is 0 Å². The lowest BCUT2D eigenvalue weighted by atomic mass is 9.92. The summed E-state index contributed by atoms with van der Waals surface area (Å²) < 4.78 is 0. The highest BCUT2D eigenvalue weighted by atomic mass is 32.1. The second-order valence-corrected chi connectivity index (χ2v) is 5.85. The van der Waals surface area contributed by atoms with Crippen LogP contribution in [0.3, 0.4) is 0 Å². The number of thiocarbonyl (C=S) groups is 1. The summed E-state index contributed by atoms with van der Waals surface area (Å²) in [6, 6.07) is 7.27. The van der Waals surface area contributed by atoms with Crippen molar-refractivity contribution in [3.8, 4) is 0 Å². The second-order valence-electron chi connectivity index (χ2n) is 5.41. The number of rotatable bonds is 3. The van der Waals surface area contributed by atoms with E-state index < -0.39 is 5.41 Å². The first-order valence-electron chi connectivity index (χ1n) is 6.05. The molecule has 0 unspecified atom stereocenters. The maximum atomic E-state index is 12.1. The van der Waals surface area contributed by atoms with E-state index in [0.29, 0.717) is 11.5 Å². The maximum absolute atomic E-state index is 12.1. The number of imide groups is 1. The summed E-state index contributed by atoms with van der Waals surface area (Å²) in [4.78, 5) is 25.6. The van der Waals surface area contributed by atoms with E-state index in [1.54, 1.807) is 26.0 Å². The molecule has 1 saturated heterocycles. The van der Waals surface area contributed by atoms with Crippen molar-refractivity contribution in [2.45, 2.75) is 26.8 Å². The van der Waals surface area contributed by atoms with Gasteiger partial charge in [0.1, 0.15) is 4.99 Å². The molecule has 1 fully saturated rings. The first-order chi connectivity index (χ1) is 8.81. The molecule has 0 aliphatic carbocycles. The summed E-state index contributed by atoms with van der Waals surface area (Å²) in [5, 5.41) is 0. The monoisotopic (exact) mass is 276 g/mol. The highest BCUT2D eigenvalue weighted by Gasteiger charge is 2.44. The Morgan fingerprint density at radius 3 is 2.32 bits per heavy atom. The van der Waals surface area contributed by atoms with Crippen LogP contribution in [0.25, 0.3) is 0 Å². The van der Waals surface area contributed by atoms with Gasteiger partial charge in [-0.1, -0.05) is 50.3 Å². The summed E-state index contributed by atoms with van der Waals surface area (Å²) >= 11 is 4.88. The van der Waals surface area contributed by atoms with E-state index in [9.17, 15) is 9.59 Å². The van der Waals surface area contributed by atoms with Gasteiger partial charge in [0, 0.05) is 12.0 Å². The Morgan fingerprint density at radius 2 is 1.89 bits per heavy atom. The lowest BCUT2D eigenvalue weighted by Gasteiger charge is -2.17. The Bertz CT molecular complexity index is 549. The minimum absolute atomic E-state index is 0.115. The standard InChI is InChI=1S/C14H16N2O2S/c1-14(2)7-11(17)16(13(14)18)8-9-3-5-10(6-4-9)12(15)19/h3-6H,7-8H2,1-2H3,(H2,15,19). The van der Waals surface area contributed by atoms with Crippen molar-refractivity contribution < 1.29 is 9.59 Å². The van der Waals surface area contributed by atoms with Gasteiger partial charge in [-0.05, 0) is 5.56 Å². The molecule has 0 radical (unpaired) electrons. The molecule has 19 heavy (non-hydrogen) atoms. The Kier molecular flexibility index (Phi) is 3.41. The van der Waals surface area contributed by atoms with Gasteiger partial charge >= 0.3 is 0 Å². The molecular formula is C14H16N2O2S. The summed E-state index contributed by atoms with van der Waals surface area (Å²) in [7, 11) is 0. The van der Waals surface area contributed by atoms with Crippen molar-refractivity contribution in [2.24, 2.45) is 11.1 Å². The van der Waals surface area contributed by atoms with E-state index in [1.165, 1.54) is 4.90 Å². The first kappa shape index (κ1) is 13.7. The van der Waals surface area contributed by atoms with E-state index in [1.807, 2.05) is 12.1 Å². The number of hydrogen-bond donors (Lipinski definition) is 1. The van der Waals surface area contributed by atoms with Gasteiger partial charge in [0.05, 0.1) is 12.0 Å². The molecule has 2 amide bonds. The third kappa shape index (κ3) is 2.66. The summed E-state index contributed by atoms with van der Waals surface area (Å²) in [5.74, 6) is -0.232. The molecule has 0 spiro atoms. The molecule has 2 N–H and O–H groups in total. The largest absolute Gasteiger partial charge is 0.389 e. The van der Waals surface area contributed by atoms with Crippen molar-refractivity contribution in [1.29, 1.82) is 0 Å². The maximum Gasteiger partial charge on any atom is 0.235 e. The fraction of sp³-hybridized carbons (Fsp3) is 0.357. The van der Waals surface area contributed by atoms with Crippen LogP contribution in [0, 0.1) is 5.41 Å². The van der Waals surface area contributed by atoms with Crippen LogP contribution >= 0.6 is 12.2 Å². The number of nitrogens with two attached hydrogens (primary N) is 1. The molecule has 0 saturated carbocycles. The fourth-order valence-electron chi connectivity index (χ4n) is 2.14. The van der Waals surface area contributed by atoms with Crippen LogP contribution in [0.5, 0.6) is 0 Å². The average molecular weight is 276 g/mol. The zero-order valence-corrected chi connectivity index (χ0v) is 11.8. The summed E-state index contributed by atoms with van der Waals surface area (Å²) in [6.45, 7) is 3.89. The van der Waals surface area contributed by atoms with Crippen LogP contribution in [0.1, 0.15) is 31.4 Å². The number of carbonyl (C=O) groups is 2. The number of hydrogen-bond acceptors (Lipinski definition) is 3. The molecule has 0 bridgehead atoms. The van der Waals surface area contributed by atoms with Crippen molar-refractivity contribution in [2.75, 3.05) is 0 Å². The molecule has 0 atom stereocenters. The Labute approximate surface area is 117 Å². The molecule has 5 heteroatoms. The van der Waals surface area contributed by atoms with Gasteiger partial charge in [-0.2, -0.15) is 0 Å². The van der Waals surface area contributed by atoms with Crippen molar-refractivity contribution in [3.63, 3.8) is 0 Å². The SMILES string of the molecule is CC1(C)CC(=O)N(Cc2ccc(C(N)=S)cc2)C1=O. The molecule has 2 rings (SSSR count). The summed E-state index contributed by atoms with van der Waals surface area (Å²) in [5.41, 5.74) is 6.60. The van der Waals surface area contributed by atoms with Crippen LogP contribution in [0.4, 0.5) is 0 Å². The van der Waals surface area contributed by atoms with E-state index in [4.69, 9.17) is 18.0 Å². The second kappa shape index (κ2) is 4.74. The van der Waals surface area contributed by atoms with E-state index in [-0.39, 0.29) is 18.2 Å². The first-order valence-corrected chi connectivity index (χ1v) is 6.45. The fourth-order valence-corrected chi connectivity index (χ4v) is 2.28. The van der Waals surface area contributed by atoms with Crippen LogP contribution in [0.2, 0.25) is 0 Å². The Morgan fingerprint density at radius 1 is 1.32 bits per heavy atom. The van der Waals surface area contributed by atoms with Crippen molar-refractivity contribution >= 4 is 29.0 Å². The van der Waals surface area contributed by atoms with Gasteiger partial charge < -0.3 is 5.73 Å². The highest BCUT2D eigenvalue weighted by molar-refractivity contribution is 7.80. The highest BCUT2D eigenvalue weighted by Crippen LogP contribution is 2.32. The predicted octanol–water partition coefficient (Wildman–Crippen LogP) is 1.61. The topological polar surface area (TPSA) is 63.4 Å². The van der Waals surface area contributed by atoms with Gasteiger partial charge in [-0.3, -0.25) is 14.5 Å². The molecular weight excluding hydrogens is 260 g/mol. The molecule has 1 aromatic carbocycles. The van der Waals surface area contributed by atoms with Crippen molar-refractivity contribution in [3.05, 3.63) is 35.4 Å². The van der Waals surface area contributed by atoms with Gasteiger partial charge in [0.15, 0.2) is 0 Å². The Hall–Kier alpha value is -1.75. The normalized spacial score (nSPS) is 17.9. The summed E-state index contributed by atoms with van der Waals surface area (Å²) in [6.07, 6.45) is 0.275. The number of nitrogens with zero attached hydrogens (tertiary/aromatic N) is 1. The lowest BCUT2D eigenvalue weighted by molar-refractivity contribution is -0.141. The third-order valence-electron chi connectivity index (χ3n) is 3.30. The van der Waals surface area contributed by atoms with Crippen LogP contribution in [-0.2, 0) is 16.1 Å². The third-order valence-corrected chi connectivity index (χ3v) is 3.53. The smallest absolute Gasteiger partial charge is 0.235 e.